The first-order valence-electron chi connectivity index (χ1n) is 10.5. The number of sulfone groups is 1. The van der Waals surface area contributed by atoms with Crippen molar-refractivity contribution in [3.63, 3.8) is 0 Å². The van der Waals surface area contributed by atoms with E-state index in [-0.39, 0.29) is 18.1 Å². The van der Waals surface area contributed by atoms with Crippen molar-refractivity contribution in [1.29, 1.82) is 0 Å². The Labute approximate surface area is 192 Å². The van der Waals surface area contributed by atoms with Crippen molar-refractivity contribution in [3.05, 3.63) is 48.0 Å². The highest BCUT2D eigenvalue weighted by molar-refractivity contribution is 7.93. The average molecular weight is 475 g/mol. The van der Waals surface area contributed by atoms with E-state index in [1.54, 1.807) is 31.2 Å². The number of fused-ring (bicyclic) bond motifs is 1. The van der Waals surface area contributed by atoms with E-state index in [9.17, 15) is 22.8 Å². The van der Waals surface area contributed by atoms with Crippen molar-refractivity contribution in [3.8, 4) is 11.5 Å². The Morgan fingerprint density at radius 1 is 1.15 bits per heavy atom. The van der Waals surface area contributed by atoms with E-state index in [1.807, 2.05) is 6.92 Å². The van der Waals surface area contributed by atoms with Gasteiger partial charge in [0.25, 0.3) is 5.91 Å². The minimum atomic E-state index is -4.09. The number of anilines is 2. The molecule has 0 radical (unpaired) electrons. The van der Waals surface area contributed by atoms with Crippen LogP contribution < -0.4 is 19.7 Å². The molecule has 0 saturated heterocycles. The molecule has 10 heteroatoms. The molecule has 176 valence electrons. The molecule has 1 N–H and O–H groups in total. The number of ether oxygens (including phenoxy) is 2. The third-order valence-corrected chi connectivity index (χ3v) is 7.15. The van der Waals surface area contributed by atoms with E-state index < -0.39 is 32.5 Å². The minimum absolute atomic E-state index is 0.0949. The van der Waals surface area contributed by atoms with E-state index >= 15 is 0 Å². The summed E-state index contributed by atoms with van der Waals surface area (Å²) in [5.41, 5.74) is 0.947. The SMILES string of the molecule is CCOc1ccc(NC(=O)CS(=O)(=O)C(C)C(=O)c2ccc3c(c2)N(CC)C(=O)CO3)cc1. The summed E-state index contributed by atoms with van der Waals surface area (Å²) in [6.07, 6.45) is 0. The van der Waals surface area contributed by atoms with E-state index in [4.69, 9.17) is 9.47 Å². The van der Waals surface area contributed by atoms with Crippen LogP contribution in [0.4, 0.5) is 11.4 Å². The third kappa shape index (κ3) is 5.51. The number of benzene rings is 2. The van der Waals surface area contributed by atoms with Gasteiger partial charge in [-0.25, -0.2) is 8.42 Å². The Kier molecular flexibility index (Phi) is 7.37. The maximum atomic E-state index is 12.9. The summed E-state index contributed by atoms with van der Waals surface area (Å²) in [6.45, 7) is 5.67. The predicted molar refractivity (Wildman–Crippen MR) is 124 cm³/mol. The van der Waals surface area contributed by atoms with Crippen LogP contribution in [-0.4, -0.2) is 56.8 Å². The molecule has 0 spiro atoms. The van der Waals surface area contributed by atoms with Gasteiger partial charge in [0.05, 0.1) is 12.3 Å². The molecule has 1 heterocycles. The standard InChI is InChI=1S/C23H26N2O7S/c1-4-25-19-12-16(6-11-20(19)32-13-22(25)27)23(28)15(3)33(29,30)14-21(26)24-17-7-9-18(10-8-17)31-5-2/h6-12,15H,4-5,13-14H2,1-3H3,(H,24,26). The Morgan fingerprint density at radius 3 is 2.48 bits per heavy atom. The van der Waals surface area contributed by atoms with Crippen LogP contribution in [0.1, 0.15) is 31.1 Å². The first kappa shape index (κ1) is 24.2. The molecule has 0 fully saturated rings. The first-order chi connectivity index (χ1) is 15.7. The van der Waals surface area contributed by atoms with Gasteiger partial charge in [-0.2, -0.15) is 0 Å². The summed E-state index contributed by atoms with van der Waals surface area (Å²) >= 11 is 0. The lowest BCUT2D eigenvalue weighted by molar-refractivity contribution is -0.121. The number of carbonyl (C=O) groups is 3. The van der Waals surface area contributed by atoms with Crippen molar-refractivity contribution in [1.82, 2.24) is 0 Å². The van der Waals surface area contributed by atoms with Gasteiger partial charge >= 0.3 is 0 Å². The number of Topliss-reactive ketones (excluding diaryl/α,β-unsaturated/α-hetero) is 1. The Balaban J connectivity index is 1.71. The first-order valence-corrected chi connectivity index (χ1v) is 12.2. The van der Waals surface area contributed by atoms with Crippen molar-refractivity contribution < 1.29 is 32.3 Å². The lowest BCUT2D eigenvalue weighted by Crippen LogP contribution is -2.39. The zero-order valence-corrected chi connectivity index (χ0v) is 19.5. The highest BCUT2D eigenvalue weighted by Crippen LogP contribution is 2.33. The molecule has 2 amide bonds. The van der Waals surface area contributed by atoms with Crippen LogP contribution in [0.3, 0.4) is 0 Å². The monoisotopic (exact) mass is 474 g/mol. The molecule has 0 saturated carbocycles. The maximum absolute atomic E-state index is 12.9. The number of hydrogen-bond donors (Lipinski definition) is 1. The smallest absolute Gasteiger partial charge is 0.265 e. The number of hydrogen-bond acceptors (Lipinski definition) is 7. The fourth-order valence-electron chi connectivity index (χ4n) is 3.41. The van der Waals surface area contributed by atoms with Gasteiger partial charge in [0.1, 0.15) is 22.5 Å². The molecular formula is C23H26N2O7S. The zero-order valence-electron chi connectivity index (χ0n) is 18.7. The van der Waals surface area contributed by atoms with Gasteiger partial charge in [0.15, 0.2) is 22.2 Å². The third-order valence-electron chi connectivity index (χ3n) is 5.19. The fraction of sp³-hybridized carbons (Fsp3) is 0.348. The molecule has 0 aliphatic carbocycles. The number of nitrogens with zero attached hydrogens (tertiary/aromatic N) is 1. The van der Waals surface area contributed by atoms with Crippen molar-refractivity contribution in [2.75, 3.05) is 35.7 Å². The van der Waals surface area contributed by atoms with Crippen LogP contribution in [0.25, 0.3) is 0 Å². The molecule has 2 aromatic carbocycles. The maximum Gasteiger partial charge on any atom is 0.265 e. The largest absolute Gasteiger partial charge is 0.494 e. The second kappa shape index (κ2) is 10.0. The summed E-state index contributed by atoms with van der Waals surface area (Å²) < 4.78 is 36.2. The Morgan fingerprint density at radius 2 is 1.85 bits per heavy atom. The molecular weight excluding hydrogens is 448 g/mol. The van der Waals surface area contributed by atoms with Crippen LogP contribution in [0.5, 0.6) is 11.5 Å². The van der Waals surface area contributed by atoms with Gasteiger partial charge in [-0.15, -0.1) is 0 Å². The van der Waals surface area contributed by atoms with Crippen LogP contribution in [0.15, 0.2) is 42.5 Å². The molecule has 3 rings (SSSR count). The molecule has 1 unspecified atom stereocenters. The lowest BCUT2D eigenvalue weighted by Gasteiger charge is -2.28. The lowest BCUT2D eigenvalue weighted by atomic mass is 10.1. The highest BCUT2D eigenvalue weighted by atomic mass is 32.2. The molecule has 1 aliphatic heterocycles. The average Bonchev–Trinajstić information content (AvgIpc) is 2.78. The van der Waals surface area contributed by atoms with Gasteiger partial charge in [-0.05, 0) is 63.2 Å². The van der Waals surface area contributed by atoms with Crippen LogP contribution >= 0.6 is 0 Å². The Bertz CT molecular complexity index is 1160. The summed E-state index contributed by atoms with van der Waals surface area (Å²) in [5.74, 6) is -1.44. The Hall–Kier alpha value is -3.40. The molecule has 0 aromatic heterocycles. The van der Waals surface area contributed by atoms with E-state index in [2.05, 4.69) is 5.32 Å². The molecule has 0 bridgehead atoms. The summed E-state index contributed by atoms with van der Waals surface area (Å²) in [7, 11) is -4.09. The van der Waals surface area contributed by atoms with E-state index in [0.29, 0.717) is 36.0 Å². The van der Waals surface area contributed by atoms with Crippen molar-refractivity contribution in [2.45, 2.75) is 26.0 Å². The minimum Gasteiger partial charge on any atom is -0.494 e. The van der Waals surface area contributed by atoms with Crippen LogP contribution in [-0.2, 0) is 19.4 Å². The summed E-state index contributed by atoms with van der Waals surface area (Å²) in [5, 5.41) is 1.07. The topological polar surface area (TPSA) is 119 Å². The molecule has 1 atom stereocenters. The van der Waals surface area contributed by atoms with Gasteiger partial charge in [0.2, 0.25) is 5.91 Å². The summed E-state index contributed by atoms with van der Waals surface area (Å²) in [4.78, 5) is 38.8. The fourth-order valence-corrected chi connectivity index (χ4v) is 4.56. The zero-order chi connectivity index (χ0) is 24.2. The molecule has 1 aliphatic rings. The van der Waals surface area contributed by atoms with E-state index in [0.717, 1.165) is 0 Å². The van der Waals surface area contributed by atoms with Gasteiger partial charge < -0.3 is 19.7 Å². The molecule has 9 nitrogen and oxygen atoms in total. The second-order valence-corrected chi connectivity index (χ2v) is 9.75. The normalized spacial score (nSPS) is 14.2. The van der Waals surface area contributed by atoms with Crippen molar-refractivity contribution >= 4 is 38.8 Å². The molecule has 33 heavy (non-hydrogen) atoms. The number of amides is 2. The number of ketones is 1. The second-order valence-electron chi connectivity index (χ2n) is 7.43. The van der Waals surface area contributed by atoms with Crippen molar-refractivity contribution in [2.24, 2.45) is 0 Å². The number of likely N-dealkylation sites (N-methyl/N-ethyl adjacent to an activating group) is 1. The number of rotatable bonds is 9. The quantitative estimate of drug-likeness (QED) is 0.555. The number of nitrogens with one attached hydrogen (secondary N) is 1. The summed E-state index contributed by atoms with van der Waals surface area (Å²) in [6, 6.07) is 10.9. The van der Waals surface area contributed by atoms with Gasteiger partial charge in [-0.1, -0.05) is 0 Å². The van der Waals surface area contributed by atoms with Gasteiger partial charge in [-0.3, -0.25) is 14.4 Å². The van der Waals surface area contributed by atoms with Crippen LogP contribution in [0.2, 0.25) is 0 Å². The molecule has 2 aromatic rings. The van der Waals surface area contributed by atoms with Gasteiger partial charge in [0, 0.05) is 17.8 Å². The van der Waals surface area contributed by atoms with Crippen LogP contribution in [0, 0.1) is 0 Å². The highest BCUT2D eigenvalue weighted by Gasteiger charge is 2.32. The van der Waals surface area contributed by atoms with E-state index in [1.165, 1.54) is 30.0 Å². The predicted octanol–water partition coefficient (Wildman–Crippen LogP) is 2.46. The number of carbonyl (C=O) groups excluding carboxylic acids is 3.